The Morgan fingerprint density at radius 3 is 2.69 bits per heavy atom. The van der Waals surface area contributed by atoms with E-state index < -0.39 is 0 Å². The van der Waals surface area contributed by atoms with Crippen LogP contribution in [0.5, 0.6) is 0 Å². The van der Waals surface area contributed by atoms with Gasteiger partial charge < -0.3 is 10.2 Å². The van der Waals surface area contributed by atoms with E-state index in [1.54, 1.807) is 0 Å². The molecular weight excluding hydrogens is 284 g/mol. The van der Waals surface area contributed by atoms with Crippen molar-refractivity contribution in [3.8, 4) is 0 Å². The SMILES string of the molecule is Cc1cc(CNCCN(C)C(C)C)sc1Br. The highest BCUT2D eigenvalue weighted by molar-refractivity contribution is 9.11. The number of thiophene rings is 1. The zero-order valence-electron chi connectivity index (χ0n) is 10.5. The molecule has 1 aromatic rings. The zero-order valence-corrected chi connectivity index (χ0v) is 12.9. The number of hydrogen-bond donors (Lipinski definition) is 1. The molecular formula is C12H21BrN2S. The lowest BCUT2D eigenvalue weighted by Gasteiger charge is -2.20. The van der Waals surface area contributed by atoms with Gasteiger partial charge in [-0.3, -0.25) is 0 Å². The number of aryl methyl sites for hydroxylation is 1. The Labute approximate surface area is 111 Å². The fourth-order valence-electron chi connectivity index (χ4n) is 1.34. The molecule has 0 fully saturated rings. The van der Waals surface area contributed by atoms with Gasteiger partial charge in [-0.1, -0.05) is 0 Å². The molecule has 0 saturated carbocycles. The quantitative estimate of drug-likeness (QED) is 0.812. The second-order valence-corrected chi connectivity index (χ2v) is 6.88. The van der Waals surface area contributed by atoms with Crippen molar-refractivity contribution in [3.05, 3.63) is 20.3 Å². The molecule has 2 nitrogen and oxygen atoms in total. The van der Waals surface area contributed by atoms with E-state index in [4.69, 9.17) is 0 Å². The highest BCUT2D eigenvalue weighted by Gasteiger charge is 2.04. The molecule has 0 bridgehead atoms. The summed E-state index contributed by atoms with van der Waals surface area (Å²) < 4.78 is 1.25. The van der Waals surface area contributed by atoms with Crippen LogP contribution in [0.1, 0.15) is 24.3 Å². The van der Waals surface area contributed by atoms with Gasteiger partial charge in [0, 0.05) is 30.6 Å². The van der Waals surface area contributed by atoms with E-state index in [0.717, 1.165) is 19.6 Å². The van der Waals surface area contributed by atoms with Crippen LogP contribution >= 0.6 is 27.3 Å². The number of rotatable bonds is 6. The maximum Gasteiger partial charge on any atom is 0.0730 e. The lowest BCUT2D eigenvalue weighted by Crippen LogP contribution is -2.33. The first-order valence-electron chi connectivity index (χ1n) is 5.66. The second kappa shape index (κ2) is 6.74. The predicted octanol–water partition coefficient (Wildman–Crippen LogP) is 3.25. The molecule has 0 spiro atoms. The van der Waals surface area contributed by atoms with Crippen molar-refractivity contribution in [1.29, 1.82) is 0 Å². The summed E-state index contributed by atoms with van der Waals surface area (Å²) >= 11 is 5.37. The van der Waals surface area contributed by atoms with Crippen LogP contribution in [0.3, 0.4) is 0 Å². The summed E-state index contributed by atoms with van der Waals surface area (Å²) in [6, 6.07) is 2.87. The zero-order chi connectivity index (χ0) is 12.1. The minimum atomic E-state index is 0.625. The van der Waals surface area contributed by atoms with Crippen LogP contribution in [-0.2, 0) is 6.54 Å². The van der Waals surface area contributed by atoms with E-state index in [-0.39, 0.29) is 0 Å². The highest BCUT2D eigenvalue weighted by atomic mass is 79.9. The molecule has 0 unspecified atom stereocenters. The molecule has 0 amide bonds. The van der Waals surface area contributed by atoms with Crippen molar-refractivity contribution in [2.75, 3.05) is 20.1 Å². The number of nitrogens with zero attached hydrogens (tertiary/aromatic N) is 1. The number of nitrogens with one attached hydrogen (secondary N) is 1. The fourth-order valence-corrected chi connectivity index (χ4v) is 2.93. The van der Waals surface area contributed by atoms with Crippen LogP contribution in [0.15, 0.2) is 9.85 Å². The standard InChI is InChI=1S/C12H21BrN2S/c1-9(2)15(4)6-5-14-8-11-7-10(3)12(13)16-11/h7,9,14H,5-6,8H2,1-4H3. The van der Waals surface area contributed by atoms with Crippen LogP contribution in [0.4, 0.5) is 0 Å². The van der Waals surface area contributed by atoms with Gasteiger partial charge in [-0.25, -0.2) is 0 Å². The molecule has 0 aliphatic rings. The van der Waals surface area contributed by atoms with Crippen molar-refractivity contribution >= 4 is 27.3 Å². The third kappa shape index (κ3) is 4.53. The van der Waals surface area contributed by atoms with E-state index in [2.05, 4.69) is 60.0 Å². The molecule has 0 atom stereocenters. The van der Waals surface area contributed by atoms with Gasteiger partial charge in [0.15, 0.2) is 0 Å². The molecule has 4 heteroatoms. The smallest absolute Gasteiger partial charge is 0.0730 e. The van der Waals surface area contributed by atoms with Gasteiger partial charge in [0.2, 0.25) is 0 Å². The third-order valence-electron chi connectivity index (χ3n) is 2.73. The predicted molar refractivity (Wildman–Crippen MR) is 76.2 cm³/mol. The largest absolute Gasteiger partial charge is 0.311 e. The average Bonchev–Trinajstić information content (AvgIpc) is 2.53. The molecule has 0 aliphatic carbocycles. The maximum absolute atomic E-state index is 3.55. The van der Waals surface area contributed by atoms with E-state index in [0.29, 0.717) is 6.04 Å². The fraction of sp³-hybridized carbons (Fsp3) is 0.667. The molecule has 0 aromatic carbocycles. The lowest BCUT2D eigenvalue weighted by atomic mass is 10.3. The molecule has 92 valence electrons. The Kier molecular flexibility index (Phi) is 5.97. The first-order valence-corrected chi connectivity index (χ1v) is 7.27. The molecule has 0 aliphatic heterocycles. The summed E-state index contributed by atoms with van der Waals surface area (Å²) in [6.45, 7) is 9.70. The molecule has 1 rings (SSSR count). The Morgan fingerprint density at radius 2 is 2.19 bits per heavy atom. The molecule has 0 saturated heterocycles. The first kappa shape index (κ1) is 14.2. The Balaban J connectivity index is 2.21. The Hall–Kier alpha value is 0.100. The lowest BCUT2D eigenvalue weighted by molar-refractivity contribution is 0.273. The average molecular weight is 305 g/mol. The normalized spacial score (nSPS) is 11.7. The van der Waals surface area contributed by atoms with Gasteiger partial charge >= 0.3 is 0 Å². The van der Waals surface area contributed by atoms with E-state index in [1.807, 2.05) is 11.3 Å². The van der Waals surface area contributed by atoms with Crippen LogP contribution in [0.25, 0.3) is 0 Å². The van der Waals surface area contributed by atoms with Gasteiger partial charge in [0.05, 0.1) is 3.79 Å². The minimum Gasteiger partial charge on any atom is -0.311 e. The maximum atomic E-state index is 3.55. The summed E-state index contributed by atoms with van der Waals surface area (Å²) in [6.07, 6.45) is 0. The van der Waals surface area contributed by atoms with E-state index in [1.165, 1.54) is 14.2 Å². The van der Waals surface area contributed by atoms with Gasteiger partial charge in [-0.15, -0.1) is 11.3 Å². The van der Waals surface area contributed by atoms with Crippen LogP contribution in [0, 0.1) is 6.92 Å². The molecule has 1 N–H and O–H groups in total. The topological polar surface area (TPSA) is 15.3 Å². The number of hydrogen-bond acceptors (Lipinski definition) is 3. The van der Waals surface area contributed by atoms with Gasteiger partial charge in [0.1, 0.15) is 0 Å². The van der Waals surface area contributed by atoms with Crippen molar-refractivity contribution in [2.24, 2.45) is 0 Å². The molecule has 0 radical (unpaired) electrons. The summed E-state index contributed by atoms with van der Waals surface area (Å²) in [4.78, 5) is 3.75. The van der Waals surface area contributed by atoms with E-state index in [9.17, 15) is 0 Å². The van der Waals surface area contributed by atoms with Crippen LogP contribution in [-0.4, -0.2) is 31.1 Å². The number of likely N-dealkylation sites (N-methyl/N-ethyl adjacent to an activating group) is 1. The summed E-state index contributed by atoms with van der Waals surface area (Å²) in [7, 11) is 2.16. The Morgan fingerprint density at radius 1 is 1.50 bits per heavy atom. The van der Waals surface area contributed by atoms with Crippen LogP contribution in [0.2, 0.25) is 0 Å². The van der Waals surface area contributed by atoms with Gasteiger partial charge in [-0.05, 0) is 55.4 Å². The van der Waals surface area contributed by atoms with Crippen LogP contribution < -0.4 is 5.32 Å². The minimum absolute atomic E-state index is 0.625. The monoisotopic (exact) mass is 304 g/mol. The van der Waals surface area contributed by atoms with Crippen molar-refractivity contribution < 1.29 is 0 Å². The second-order valence-electron chi connectivity index (χ2n) is 4.42. The summed E-state index contributed by atoms with van der Waals surface area (Å²) in [5, 5.41) is 3.48. The molecule has 1 heterocycles. The van der Waals surface area contributed by atoms with E-state index >= 15 is 0 Å². The van der Waals surface area contributed by atoms with Crippen molar-refractivity contribution in [1.82, 2.24) is 10.2 Å². The molecule has 16 heavy (non-hydrogen) atoms. The summed E-state index contributed by atoms with van der Waals surface area (Å²) in [5.74, 6) is 0. The number of halogens is 1. The summed E-state index contributed by atoms with van der Waals surface area (Å²) in [5.41, 5.74) is 1.33. The first-order chi connectivity index (χ1) is 7.50. The third-order valence-corrected chi connectivity index (χ3v) is 4.87. The van der Waals surface area contributed by atoms with Crippen molar-refractivity contribution in [2.45, 2.75) is 33.4 Å². The highest BCUT2D eigenvalue weighted by Crippen LogP contribution is 2.26. The molecule has 1 aromatic heterocycles. The van der Waals surface area contributed by atoms with Crippen molar-refractivity contribution in [3.63, 3.8) is 0 Å². The Bertz CT molecular complexity index is 303. The van der Waals surface area contributed by atoms with Gasteiger partial charge in [-0.2, -0.15) is 0 Å². The van der Waals surface area contributed by atoms with Gasteiger partial charge in [0.25, 0.3) is 0 Å².